The molecule has 5 rings (SSSR count). The van der Waals surface area contributed by atoms with Crippen molar-refractivity contribution in [3.63, 3.8) is 0 Å². The zero-order chi connectivity index (χ0) is 27.5. The van der Waals surface area contributed by atoms with Crippen LogP contribution in [0.15, 0.2) is 88.9 Å². The number of fused-ring (bicyclic) bond motifs is 1. The van der Waals surface area contributed by atoms with Crippen molar-refractivity contribution in [3.05, 3.63) is 105 Å². The smallest absolute Gasteiger partial charge is 0.335 e. The topological polar surface area (TPSA) is 84.9 Å². The number of hydrogen-bond donors (Lipinski definition) is 1. The average Bonchev–Trinajstić information content (AvgIpc) is 2.92. The lowest BCUT2D eigenvalue weighted by atomic mass is 10.1. The highest BCUT2D eigenvalue weighted by atomic mass is 79.9. The molecule has 0 aromatic heterocycles. The van der Waals surface area contributed by atoms with Crippen LogP contribution < -0.4 is 19.7 Å². The Hall–Kier alpha value is -4.14. The predicted octanol–water partition coefficient (Wildman–Crippen LogP) is 6.90. The largest absolute Gasteiger partial charge is 0.490 e. The Labute approximate surface area is 238 Å². The summed E-state index contributed by atoms with van der Waals surface area (Å²) in [5, 5.41) is 4.61. The van der Waals surface area contributed by atoms with Gasteiger partial charge in [0.1, 0.15) is 12.2 Å². The highest BCUT2D eigenvalue weighted by molar-refractivity contribution is 9.10. The number of carbonyl (C=O) groups is 3. The number of benzene rings is 4. The maximum absolute atomic E-state index is 13.3. The standard InChI is InChI=1S/C30H22BrClN2O5/c1-2-38-26-16-18(14-22-28(35)33-30(37)34(29(22)36)25-13-6-5-12-24(25)32)15-23(31)27(26)39-17-20-10-7-9-19-8-3-4-11-21(19)20/h3-16H,2,17H2,1H3,(H,33,35,37)/b22-14+. The maximum atomic E-state index is 13.3. The van der Waals surface area contributed by atoms with Crippen LogP contribution in [0.4, 0.5) is 10.5 Å². The number of hydrogen-bond acceptors (Lipinski definition) is 5. The van der Waals surface area contributed by atoms with Crippen LogP contribution in [0, 0.1) is 0 Å². The summed E-state index contributed by atoms with van der Waals surface area (Å²) in [6.45, 7) is 2.51. The number of ether oxygens (including phenoxy) is 2. The summed E-state index contributed by atoms with van der Waals surface area (Å²) in [5.41, 5.74) is 1.46. The van der Waals surface area contributed by atoms with Gasteiger partial charge in [-0.15, -0.1) is 0 Å². The molecule has 4 aromatic rings. The Kier molecular flexibility index (Phi) is 7.67. The molecule has 4 aromatic carbocycles. The Morgan fingerprint density at radius 1 is 0.949 bits per heavy atom. The second-order valence-corrected chi connectivity index (χ2v) is 9.86. The minimum Gasteiger partial charge on any atom is -0.490 e. The average molecular weight is 606 g/mol. The van der Waals surface area contributed by atoms with Gasteiger partial charge in [0, 0.05) is 0 Å². The van der Waals surface area contributed by atoms with Gasteiger partial charge in [0.15, 0.2) is 11.5 Å². The molecule has 1 N–H and O–H groups in total. The highest BCUT2D eigenvalue weighted by Gasteiger charge is 2.37. The molecule has 0 unspecified atom stereocenters. The first-order valence-corrected chi connectivity index (χ1v) is 13.3. The third-order valence-corrected chi connectivity index (χ3v) is 7.00. The number of barbiturate groups is 1. The van der Waals surface area contributed by atoms with Gasteiger partial charge in [-0.2, -0.15) is 0 Å². The predicted molar refractivity (Wildman–Crippen MR) is 154 cm³/mol. The van der Waals surface area contributed by atoms with Crippen LogP contribution in [-0.4, -0.2) is 24.5 Å². The monoisotopic (exact) mass is 604 g/mol. The van der Waals surface area contributed by atoms with Crippen molar-refractivity contribution >= 4 is 67.9 Å². The number of imide groups is 2. The fraction of sp³-hybridized carbons (Fsp3) is 0.100. The molecule has 0 bridgehead atoms. The third kappa shape index (κ3) is 5.39. The van der Waals surface area contributed by atoms with Gasteiger partial charge in [0.05, 0.1) is 21.8 Å². The van der Waals surface area contributed by atoms with E-state index in [0.29, 0.717) is 34.7 Å². The Bertz CT molecular complexity index is 1650. The molecule has 0 atom stereocenters. The molecule has 7 nitrogen and oxygen atoms in total. The normalized spacial score (nSPS) is 14.6. The molecule has 0 radical (unpaired) electrons. The summed E-state index contributed by atoms with van der Waals surface area (Å²) < 4.78 is 12.6. The maximum Gasteiger partial charge on any atom is 0.335 e. The van der Waals surface area contributed by atoms with E-state index in [1.165, 1.54) is 12.1 Å². The van der Waals surface area contributed by atoms with Gasteiger partial charge >= 0.3 is 6.03 Å². The lowest BCUT2D eigenvalue weighted by Crippen LogP contribution is -2.54. The summed E-state index contributed by atoms with van der Waals surface area (Å²) in [6, 6.07) is 23.0. The van der Waals surface area contributed by atoms with Crippen LogP contribution in [0.5, 0.6) is 11.5 Å². The molecular weight excluding hydrogens is 584 g/mol. The first-order valence-electron chi connectivity index (χ1n) is 12.1. The molecule has 0 spiro atoms. The first kappa shape index (κ1) is 26.5. The third-order valence-electron chi connectivity index (χ3n) is 6.09. The van der Waals surface area contributed by atoms with E-state index in [-0.39, 0.29) is 16.3 Å². The van der Waals surface area contributed by atoms with Gasteiger partial charge in [0.2, 0.25) is 0 Å². The highest BCUT2D eigenvalue weighted by Crippen LogP contribution is 2.39. The summed E-state index contributed by atoms with van der Waals surface area (Å²) in [6.07, 6.45) is 1.40. The fourth-order valence-electron chi connectivity index (χ4n) is 4.32. The van der Waals surface area contributed by atoms with E-state index in [0.717, 1.165) is 21.2 Å². The number of nitrogens with one attached hydrogen (secondary N) is 1. The minimum atomic E-state index is -0.872. The first-order chi connectivity index (χ1) is 18.9. The lowest BCUT2D eigenvalue weighted by molar-refractivity contribution is -0.122. The Morgan fingerprint density at radius 3 is 2.49 bits per heavy atom. The second-order valence-electron chi connectivity index (χ2n) is 8.60. The summed E-state index contributed by atoms with van der Waals surface area (Å²) in [4.78, 5) is 39.3. The van der Waals surface area contributed by atoms with E-state index in [9.17, 15) is 14.4 Å². The number of para-hydroxylation sites is 1. The Morgan fingerprint density at radius 2 is 1.69 bits per heavy atom. The number of urea groups is 1. The van der Waals surface area contributed by atoms with E-state index in [2.05, 4.69) is 21.2 Å². The molecule has 39 heavy (non-hydrogen) atoms. The molecule has 1 aliphatic rings. The van der Waals surface area contributed by atoms with Gasteiger partial charge in [-0.3, -0.25) is 14.9 Å². The Balaban J connectivity index is 1.47. The number of carbonyl (C=O) groups excluding carboxylic acids is 3. The van der Waals surface area contributed by atoms with Gasteiger partial charge in [-0.1, -0.05) is 66.2 Å². The van der Waals surface area contributed by atoms with Crippen LogP contribution >= 0.6 is 27.5 Å². The van der Waals surface area contributed by atoms with E-state index < -0.39 is 17.8 Å². The molecule has 1 saturated heterocycles. The lowest BCUT2D eigenvalue weighted by Gasteiger charge is -2.27. The molecule has 1 aliphatic heterocycles. The molecule has 0 saturated carbocycles. The van der Waals surface area contributed by atoms with E-state index in [1.807, 2.05) is 49.4 Å². The molecule has 196 valence electrons. The van der Waals surface area contributed by atoms with Crippen molar-refractivity contribution in [1.29, 1.82) is 0 Å². The van der Waals surface area contributed by atoms with Crippen molar-refractivity contribution in [2.75, 3.05) is 11.5 Å². The minimum absolute atomic E-state index is 0.174. The zero-order valence-corrected chi connectivity index (χ0v) is 23.1. The van der Waals surface area contributed by atoms with Gasteiger partial charge < -0.3 is 9.47 Å². The SMILES string of the molecule is CCOc1cc(/C=C2\C(=O)NC(=O)N(c3ccccc3Cl)C2=O)cc(Br)c1OCc1cccc2ccccc12. The van der Waals surface area contributed by atoms with Crippen molar-refractivity contribution < 1.29 is 23.9 Å². The summed E-state index contributed by atoms with van der Waals surface area (Å²) in [5.74, 6) is -0.679. The number of amides is 4. The van der Waals surface area contributed by atoms with Crippen LogP contribution in [0.1, 0.15) is 18.1 Å². The van der Waals surface area contributed by atoms with Crippen molar-refractivity contribution in [2.45, 2.75) is 13.5 Å². The van der Waals surface area contributed by atoms with Crippen LogP contribution in [-0.2, 0) is 16.2 Å². The zero-order valence-electron chi connectivity index (χ0n) is 20.7. The van der Waals surface area contributed by atoms with Crippen molar-refractivity contribution in [2.24, 2.45) is 0 Å². The molecule has 4 amide bonds. The summed E-state index contributed by atoms with van der Waals surface area (Å²) in [7, 11) is 0. The number of nitrogens with zero attached hydrogens (tertiary/aromatic N) is 1. The van der Waals surface area contributed by atoms with Gasteiger partial charge in [0.25, 0.3) is 11.8 Å². The number of anilines is 1. The van der Waals surface area contributed by atoms with Gasteiger partial charge in [-0.25, -0.2) is 9.69 Å². The van der Waals surface area contributed by atoms with E-state index in [1.54, 1.807) is 30.3 Å². The molecular formula is C30H22BrClN2O5. The van der Waals surface area contributed by atoms with Crippen molar-refractivity contribution in [3.8, 4) is 11.5 Å². The summed E-state index contributed by atoms with van der Waals surface area (Å²) >= 11 is 9.77. The van der Waals surface area contributed by atoms with Crippen LogP contribution in [0.2, 0.25) is 5.02 Å². The molecule has 9 heteroatoms. The molecule has 1 heterocycles. The van der Waals surface area contributed by atoms with Crippen LogP contribution in [0.3, 0.4) is 0 Å². The quantitative estimate of drug-likeness (QED) is 0.183. The van der Waals surface area contributed by atoms with E-state index >= 15 is 0 Å². The van der Waals surface area contributed by atoms with Crippen molar-refractivity contribution in [1.82, 2.24) is 5.32 Å². The molecule has 0 aliphatic carbocycles. The number of halogens is 2. The van der Waals surface area contributed by atoms with Gasteiger partial charge in [-0.05, 0) is 75.1 Å². The second kappa shape index (κ2) is 11.3. The van der Waals surface area contributed by atoms with E-state index in [4.69, 9.17) is 21.1 Å². The fourth-order valence-corrected chi connectivity index (χ4v) is 5.11. The number of rotatable bonds is 7. The molecule has 1 fully saturated rings. The van der Waals surface area contributed by atoms with Crippen LogP contribution in [0.25, 0.3) is 16.8 Å².